The molecule has 0 aromatic heterocycles. The Morgan fingerprint density at radius 3 is 2.57 bits per heavy atom. The van der Waals surface area contributed by atoms with Crippen molar-refractivity contribution in [1.82, 2.24) is 5.06 Å². The van der Waals surface area contributed by atoms with Crippen molar-refractivity contribution in [3.05, 3.63) is 0 Å². The predicted octanol–water partition coefficient (Wildman–Crippen LogP) is 0.669. The Bertz CT molecular complexity index is 218. The molecule has 4 nitrogen and oxygen atoms in total. The van der Waals surface area contributed by atoms with Gasteiger partial charge in [0.15, 0.2) is 0 Å². The Morgan fingerprint density at radius 1 is 1.36 bits per heavy atom. The van der Waals surface area contributed by atoms with Crippen LogP contribution in [0.4, 0.5) is 0 Å². The van der Waals surface area contributed by atoms with E-state index < -0.39 is 0 Å². The van der Waals surface area contributed by atoms with Crippen LogP contribution in [0.25, 0.3) is 0 Å². The van der Waals surface area contributed by atoms with Gasteiger partial charge in [0.2, 0.25) is 0 Å². The van der Waals surface area contributed by atoms with Crippen LogP contribution in [0, 0.1) is 5.41 Å². The minimum absolute atomic E-state index is 0.120. The van der Waals surface area contributed by atoms with Crippen molar-refractivity contribution in [3.63, 3.8) is 0 Å². The van der Waals surface area contributed by atoms with Gasteiger partial charge in [0.1, 0.15) is 0 Å². The molecule has 1 amide bonds. The molecular weight excluding hydrogens is 180 g/mol. The van der Waals surface area contributed by atoms with Gasteiger partial charge in [-0.3, -0.25) is 9.63 Å². The lowest BCUT2D eigenvalue weighted by Gasteiger charge is -2.29. The minimum atomic E-state index is -0.301. The van der Waals surface area contributed by atoms with Crippen LogP contribution in [-0.2, 0) is 9.63 Å². The van der Waals surface area contributed by atoms with E-state index in [1.807, 2.05) is 0 Å². The number of nitrogens with zero attached hydrogens (tertiary/aromatic N) is 1. The van der Waals surface area contributed by atoms with Crippen molar-refractivity contribution in [3.8, 4) is 0 Å². The Balaban J connectivity index is 2.06. The van der Waals surface area contributed by atoms with Gasteiger partial charge in [-0.05, 0) is 19.3 Å². The first-order chi connectivity index (χ1) is 6.78. The molecule has 2 aliphatic rings. The second kappa shape index (κ2) is 3.87. The maximum atomic E-state index is 12.1. The summed E-state index contributed by atoms with van der Waals surface area (Å²) in [5, 5.41) is 1.53. The summed E-state index contributed by atoms with van der Waals surface area (Å²) >= 11 is 0. The van der Waals surface area contributed by atoms with E-state index in [1.54, 1.807) is 0 Å². The van der Waals surface area contributed by atoms with Crippen LogP contribution < -0.4 is 5.73 Å². The number of hydroxylamine groups is 2. The van der Waals surface area contributed by atoms with Crippen molar-refractivity contribution in [2.75, 3.05) is 19.7 Å². The van der Waals surface area contributed by atoms with Crippen LogP contribution in [0.15, 0.2) is 0 Å². The van der Waals surface area contributed by atoms with Crippen molar-refractivity contribution < 1.29 is 9.63 Å². The molecule has 14 heavy (non-hydrogen) atoms. The zero-order chi connectivity index (χ0) is 10.0. The zero-order valence-corrected chi connectivity index (χ0v) is 8.50. The largest absolute Gasteiger partial charge is 0.329 e. The van der Waals surface area contributed by atoms with Crippen molar-refractivity contribution in [1.29, 1.82) is 0 Å². The highest BCUT2D eigenvalue weighted by atomic mass is 16.7. The van der Waals surface area contributed by atoms with Gasteiger partial charge in [-0.25, -0.2) is 5.06 Å². The van der Waals surface area contributed by atoms with E-state index in [1.165, 1.54) is 5.06 Å². The number of hydrogen-bond donors (Lipinski definition) is 1. The third-order valence-electron chi connectivity index (χ3n) is 3.38. The summed E-state index contributed by atoms with van der Waals surface area (Å²) in [5.41, 5.74) is 5.43. The van der Waals surface area contributed by atoms with E-state index in [-0.39, 0.29) is 11.3 Å². The number of amides is 1. The number of carbonyl (C=O) groups is 1. The fourth-order valence-corrected chi connectivity index (χ4v) is 2.43. The number of carbonyl (C=O) groups excluding carboxylic acids is 1. The van der Waals surface area contributed by atoms with Crippen LogP contribution in [-0.4, -0.2) is 30.7 Å². The molecule has 0 unspecified atom stereocenters. The highest BCUT2D eigenvalue weighted by molar-refractivity contribution is 5.82. The van der Waals surface area contributed by atoms with Gasteiger partial charge in [-0.2, -0.15) is 0 Å². The smallest absolute Gasteiger partial charge is 0.253 e. The molecule has 1 saturated carbocycles. The maximum absolute atomic E-state index is 12.1. The molecule has 4 heteroatoms. The molecule has 0 atom stereocenters. The average molecular weight is 198 g/mol. The van der Waals surface area contributed by atoms with Crippen molar-refractivity contribution >= 4 is 5.91 Å². The molecule has 1 heterocycles. The first-order valence-corrected chi connectivity index (χ1v) is 5.43. The molecule has 2 N–H and O–H groups in total. The Morgan fingerprint density at radius 2 is 2.07 bits per heavy atom. The molecule has 2 rings (SSSR count). The van der Waals surface area contributed by atoms with Crippen molar-refractivity contribution in [2.24, 2.45) is 11.1 Å². The lowest BCUT2D eigenvalue weighted by molar-refractivity contribution is -0.179. The molecule has 1 saturated heterocycles. The van der Waals surface area contributed by atoms with E-state index >= 15 is 0 Å². The minimum Gasteiger partial charge on any atom is -0.329 e. The molecule has 2 fully saturated rings. The third-order valence-corrected chi connectivity index (χ3v) is 3.38. The number of nitrogens with two attached hydrogens (primary N) is 1. The van der Waals surface area contributed by atoms with Gasteiger partial charge < -0.3 is 5.73 Å². The molecule has 0 aromatic carbocycles. The standard InChI is InChI=1S/C10H18N2O2/c11-8-10(4-1-2-5-10)9(13)12-6-3-7-14-12/h1-8,11H2. The monoisotopic (exact) mass is 198 g/mol. The van der Waals surface area contributed by atoms with E-state index in [4.69, 9.17) is 10.6 Å². The van der Waals surface area contributed by atoms with Gasteiger partial charge in [-0.15, -0.1) is 0 Å². The lowest BCUT2D eigenvalue weighted by atomic mass is 9.85. The Labute approximate surface area is 84.3 Å². The summed E-state index contributed by atoms with van der Waals surface area (Å²) in [6, 6.07) is 0. The molecule has 80 valence electrons. The normalized spacial score (nSPS) is 25.6. The van der Waals surface area contributed by atoms with Crippen LogP contribution in [0.5, 0.6) is 0 Å². The Hall–Kier alpha value is -0.610. The molecule has 0 bridgehead atoms. The van der Waals surface area contributed by atoms with Gasteiger partial charge in [0.05, 0.1) is 18.6 Å². The summed E-state index contributed by atoms with van der Waals surface area (Å²) in [5.74, 6) is 0.120. The summed E-state index contributed by atoms with van der Waals surface area (Å²) in [7, 11) is 0. The zero-order valence-electron chi connectivity index (χ0n) is 8.50. The maximum Gasteiger partial charge on any atom is 0.253 e. The SMILES string of the molecule is NCC1(C(=O)N2CCCO2)CCCC1. The number of rotatable bonds is 2. The quantitative estimate of drug-likeness (QED) is 0.709. The topological polar surface area (TPSA) is 55.6 Å². The van der Waals surface area contributed by atoms with E-state index in [0.29, 0.717) is 13.2 Å². The van der Waals surface area contributed by atoms with E-state index in [0.717, 1.165) is 38.6 Å². The van der Waals surface area contributed by atoms with Gasteiger partial charge in [0.25, 0.3) is 5.91 Å². The van der Waals surface area contributed by atoms with Gasteiger partial charge >= 0.3 is 0 Å². The van der Waals surface area contributed by atoms with Gasteiger partial charge in [-0.1, -0.05) is 12.8 Å². The molecule has 1 aliphatic heterocycles. The predicted molar refractivity (Wildman–Crippen MR) is 52.2 cm³/mol. The fourth-order valence-electron chi connectivity index (χ4n) is 2.43. The second-order valence-corrected chi connectivity index (χ2v) is 4.29. The first-order valence-electron chi connectivity index (χ1n) is 5.43. The number of hydrogen-bond acceptors (Lipinski definition) is 3. The van der Waals surface area contributed by atoms with Gasteiger partial charge in [0, 0.05) is 6.54 Å². The first kappa shape index (κ1) is 9.93. The van der Waals surface area contributed by atoms with Crippen LogP contribution in [0.3, 0.4) is 0 Å². The van der Waals surface area contributed by atoms with E-state index in [9.17, 15) is 4.79 Å². The molecule has 1 aliphatic carbocycles. The lowest BCUT2D eigenvalue weighted by Crippen LogP contribution is -2.45. The third kappa shape index (κ3) is 1.53. The summed E-state index contributed by atoms with van der Waals surface area (Å²) in [4.78, 5) is 17.4. The Kier molecular flexibility index (Phi) is 2.74. The molecule has 0 radical (unpaired) electrons. The second-order valence-electron chi connectivity index (χ2n) is 4.29. The molecular formula is C10H18N2O2. The highest BCUT2D eigenvalue weighted by Gasteiger charge is 2.43. The summed E-state index contributed by atoms with van der Waals surface area (Å²) in [6.45, 7) is 1.87. The van der Waals surface area contributed by atoms with Crippen LogP contribution in [0.1, 0.15) is 32.1 Å². The van der Waals surface area contributed by atoms with Crippen LogP contribution in [0.2, 0.25) is 0 Å². The van der Waals surface area contributed by atoms with Crippen molar-refractivity contribution in [2.45, 2.75) is 32.1 Å². The fraction of sp³-hybridized carbons (Fsp3) is 0.900. The average Bonchev–Trinajstić information content (AvgIpc) is 2.89. The van der Waals surface area contributed by atoms with Crippen LogP contribution >= 0.6 is 0 Å². The molecule has 0 aromatic rings. The van der Waals surface area contributed by atoms with E-state index in [2.05, 4.69) is 0 Å². The summed E-state index contributed by atoms with van der Waals surface area (Å²) < 4.78 is 0. The summed E-state index contributed by atoms with van der Waals surface area (Å²) in [6.07, 6.45) is 5.06. The highest BCUT2D eigenvalue weighted by Crippen LogP contribution is 2.39. The molecule has 0 spiro atoms.